The lowest BCUT2D eigenvalue weighted by atomic mass is 10.1. The Morgan fingerprint density at radius 2 is 2.32 bits per heavy atom. The van der Waals surface area contributed by atoms with Gasteiger partial charge in [-0.3, -0.25) is 4.79 Å². The highest BCUT2D eigenvalue weighted by Gasteiger charge is 2.22. The van der Waals surface area contributed by atoms with Gasteiger partial charge in [-0.2, -0.15) is 0 Å². The Morgan fingerprint density at radius 3 is 3.05 bits per heavy atom. The summed E-state index contributed by atoms with van der Waals surface area (Å²) in [5.41, 5.74) is 1.63. The molecule has 100 valence electrons. The van der Waals surface area contributed by atoms with Crippen LogP contribution in [0.2, 0.25) is 0 Å². The third-order valence-electron chi connectivity index (χ3n) is 3.49. The van der Waals surface area contributed by atoms with Crippen molar-refractivity contribution in [2.75, 3.05) is 13.7 Å². The maximum Gasteiger partial charge on any atom is 0.224 e. The number of amides is 1. The Hall–Kier alpha value is -1.97. The first-order chi connectivity index (χ1) is 9.28. The predicted octanol–water partition coefficient (Wildman–Crippen LogP) is 2.51. The normalized spacial score (nSPS) is 14.6. The first-order valence-corrected chi connectivity index (χ1v) is 6.57. The number of methoxy groups -OCH3 is 1. The van der Waals surface area contributed by atoms with Gasteiger partial charge in [0.25, 0.3) is 0 Å². The van der Waals surface area contributed by atoms with E-state index < -0.39 is 0 Å². The number of hydrogen-bond donors (Lipinski definition) is 1. The van der Waals surface area contributed by atoms with Crippen LogP contribution in [0.4, 0.5) is 0 Å². The molecule has 0 aliphatic heterocycles. The van der Waals surface area contributed by atoms with Crippen LogP contribution < -0.4 is 10.1 Å². The predicted molar refractivity (Wildman–Crippen MR) is 72.2 cm³/mol. The van der Waals surface area contributed by atoms with Crippen molar-refractivity contribution < 1.29 is 13.9 Å². The fraction of sp³-hybridized carbons (Fsp3) is 0.400. The summed E-state index contributed by atoms with van der Waals surface area (Å²) in [5.74, 6) is 1.48. The zero-order valence-corrected chi connectivity index (χ0v) is 10.9. The smallest absolute Gasteiger partial charge is 0.224 e. The maximum absolute atomic E-state index is 11.9. The summed E-state index contributed by atoms with van der Waals surface area (Å²) < 4.78 is 10.8. The average Bonchev–Trinajstić information content (AvgIpc) is 3.18. The van der Waals surface area contributed by atoms with Gasteiger partial charge in [0.1, 0.15) is 11.3 Å². The molecule has 3 rings (SSSR count). The molecular weight excluding hydrogens is 242 g/mol. The van der Waals surface area contributed by atoms with Crippen LogP contribution in [-0.2, 0) is 11.2 Å². The summed E-state index contributed by atoms with van der Waals surface area (Å²) in [6.07, 6.45) is 4.45. The number of hydrogen-bond acceptors (Lipinski definition) is 3. The number of carbonyl (C=O) groups excluding carboxylic acids is 1. The zero-order valence-electron chi connectivity index (χ0n) is 10.9. The average molecular weight is 259 g/mol. The standard InChI is InChI=1S/C15H17NO3/c1-18-12-3-2-4-13-15(12)11(9-19-13)7-14(17)16-8-10-5-6-10/h2-4,9-10H,5-8H2,1H3,(H,16,17). The zero-order chi connectivity index (χ0) is 13.2. The number of fused-ring (bicyclic) bond motifs is 1. The number of nitrogens with one attached hydrogen (secondary N) is 1. The first-order valence-electron chi connectivity index (χ1n) is 6.57. The first kappa shape index (κ1) is 12.1. The summed E-state index contributed by atoms with van der Waals surface area (Å²) in [6, 6.07) is 5.63. The molecule has 1 fully saturated rings. The van der Waals surface area contributed by atoms with Crippen molar-refractivity contribution in [2.24, 2.45) is 5.92 Å². The molecule has 0 saturated heterocycles. The molecule has 1 aliphatic carbocycles. The van der Waals surface area contributed by atoms with Gasteiger partial charge in [0, 0.05) is 12.1 Å². The van der Waals surface area contributed by atoms with Gasteiger partial charge in [-0.15, -0.1) is 0 Å². The summed E-state index contributed by atoms with van der Waals surface area (Å²) >= 11 is 0. The van der Waals surface area contributed by atoms with Crippen molar-refractivity contribution in [3.63, 3.8) is 0 Å². The molecule has 0 unspecified atom stereocenters. The van der Waals surface area contributed by atoms with Crippen LogP contribution in [-0.4, -0.2) is 19.6 Å². The number of rotatable bonds is 5. The fourth-order valence-electron chi connectivity index (χ4n) is 2.24. The second kappa shape index (κ2) is 4.96. The topological polar surface area (TPSA) is 51.5 Å². The molecule has 0 radical (unpaired) electrons. The Bertz CT molecular complexity index is 598. The molecule has 1 N–H and O–H groups in total. The molecule has 1 aliphatic rings. The van der Waals surface area contributed by atoms with Crippen molar-refractivity contribution in [3.8, 4) is 5.75 Å². The Labute approximate surface area is 111 Å². The molecule has 1 heterocycles. The van der Waals surface area contributed by atoms with E-state index in [0.717, 1.165) is 28.8 Å². The number of benzene rings is 1. The van der Waals surface area contributed by atoms with E-state index in [4.69, 9.17) is 9.15 Å². The lowest BCUT2D eigenvalue weighted by Crippen LogP contribution is -2.26. The molecule has 2 aromatic rings. The van der Waals surface area contributed by atoms with Crippen molar-refractivity contribution in [2.45, 2.75) is 19.3 Å². The molecule has 1 saturated carbocycles. The molecule has 19 heavy (non-hydrogen) atoms. The van der Waals surface area contributed by atoms with Crippen LogP contribution in [0, 0.1) is 5.92 Å². The number of ether oxygens (including phenoxy) is 1. The van der Waals surface area contributed by atoms with Crippen LogP contribution in [0.25, 0.3) is 11.0 Å². The fourth-order valence-corrected chi connectivity index (χ4v) is 2.24. The van der Waals surface area contributed by atoms with Crippen molar-refractivity contribution in [1.29, 1.82) is 0 Å². The van der Waals surface area contributed by atoms with Gasteiger partial charge in [-0.05, 0) is 30.9 Å². The summed E-state index contributed by atoms with van der Waals surface area (Å²) in [4.78, 5) is 11.9. The second-order valence-corrected chi connectivity index (χ2v) is 5.02. The SMILES string of the molecule is COc1cccc2occ(CC(=O)NCC3CC3)c12. The van der Waals surface area contributed by atoms with Gasteiger partial charge in [-0.25, -0.2) is 0 Å². The largest absolute Gasteiger partial charge is 0.496 e. The lowest BCUT2D eigenvalue weighted by molar-refractivity contribution is -0.120. The summed E-state index contributed by atoms with van der Waals surface area (Å²) in [6.45, 7) is 0.797. The van der Waals surface area contributed by atoms with Gasteiger partial charge in [0.2, 0.25) is 5.91 Å². The molecule has 4 heteroatoms. The van der Waals surface area contributed by atoms with E-state index in [1.807, 2.05) is 18.2 Å². The van der Waals surface area contributed by atoms with Gasteiger partial charge in [-0.1, -0.05) is 6.07 Å². The molecule has 4 nitrogen and oxygen atoms in total. The molecule has 0 spiro atoms. The van der Waals surface area contributed by atoms with Crippen molar-refractivity contribution >= 4 is 16.9 Å². The summed E-state index contributed by atoms with van der Waals surface area (Å²) in [5, 5.41) is 3.86. The third kappa shape index (κ3) is 2.57. The highest BCUT2D eigenvalue weighted by molar-refractivity contribution is 5.91. The molecule has 1 amide bonds. The lowest BCUT2D eigenvalue weighted by Gasteiger charge is -2.05. The highest BCUT2D eigenvalue weighted by atomic mass is 16.5. The van der Waals surface area contributed by atoms with Crippen LogP contribution in [0.5, 0.6) is 5.75 Å². The minimum atomic E-state index is 0.0421. The minimum Gasteiger partial charge on any atom is -0.496 e. The quantitative estimate of drug-likeness (QED) is 0.897. The Kier molecular flexibility index (Phi) is 3.15. The van der Waals surface area contributed by atoms with E-state index in [0.29, 0.717) is 12.3 Å². The van der Waals surface area contributed by atoms with Crippen molar-refractivity contribution in [1.82, 2.24) is 5.32 Å². The molecular formula is C15H17NO3. The minimum absolute atomic E-state index is 0.0421. The van der Waals surface area contributed by atoms with E-state index in [9.17, 15) is 4.79 Å². The van der Waals surface area contributed by atoms with Gasteiger partial charge in [0.05, 0.1) is 25.2 Å². The van der Waals surface area contributed by atoms with Gasteiger partial charge in [0.15, 0.2) is 0 Å². The Balaban J connectivity index is 1.77. The van der Waals surface area contributed by atoms with Crippen LogP contribution in [0.1, 0.15) is 18.4 Å². The molecule has 0 bridgehead atoms. The monoisotopic (exact) mass is 259 g/mol. The van der Waals surface area contributed by atoms with Crippen LogP contribution in [0.15, 0.2) is 28.9 Å². The van der Waals surface area contributed by atoms with E-state index in [-0.39, 0.29) is 5.91 Å². The number of carbonyl (C=O) groups is 1. The molecule has 0 atom stereocenters. The van der Waals surface area contributed by atoms with E-state index >= 15 is 0 Å². The number of furan rings is 1. The van der Waals surface area contributed by atoms with Crippen LogP contribution >= 0.6 is 0 Å². The molecule has 1 aromatic carbocycles. The van der Waals surface area contributed by atoms with E-state index in [1.165, 1.54) is 12.8 Å². The second-order valence-electron chi connectivity index (χ2n) is 5.02. The van der Waals surface area contributed by atoms with E-state index in [1.54, 1.807) is 13.4 Å². The van der Waals surface area contributed by atoms with Crippen LogP contribution in [0.3, 0.4) is 0 Å². The van der Waals surface area contributed by atoms with Gasteiger partial charge < -0.3 is 14.5 Å². The van der Waals surface area contributed by atoms with Crippen molar-refractivity contribution in [3.05, 3.63) is 30.0 Å². The van der Waals surface area contributed by atoms with Gasteiger partial charge >= 0.3 is 0 Å². The third-order valence-corrected chi connectivity index (χ3v) is 3.49. The highest BCUT2D eigenvalue weighted by Crippen LogP contribution is 2.31. The Morgan fingerprint density at radius 1 is 1.47 bits per heavy atom. The van der Waals surface area contributed by atoms with E-state index in [2.05, 4.69) is 5.32 Å². The maximum atomic E-state index is 11.9. The summed E-state index contributed by atoms with van der Waals surface area (Å²) in [7, 11) is 1.62. The molecule has 1 aromatic heterocycles.